The molecular weight excluding hydrogens is 301 g/mol. The maximum atomic E-state index is 12.2. The van der Waals surface area contributed by atoms with Gasteiger partial charge in [-0.15, -0.1) is 0 Å². The molecule has 0 atom stereocenters. The van der Waals surface area contributed by atoms with Crippen molar-refractivity contribution in [1.82, 2.24) is 0 Å². The van der Waals surface area contributed by atoms with E-state index in [9.17, 15) is 13.0 Å². The molecule has 0 fully saturated rings. The van der Waals surface area contributed by atoms with Crippen LogP contribution in [0.4, 0.5) is 5.69 Å². The summed E-state index contributed by atoms with van der Waals surface area (Å²) in [6.07, 6.45) is -0.700. The smallest absolute Gasteiger partial charge is 0.326 e. The molecule has 0 aliphatic carbocycles. The molecule has 8 heteroatoms. The summed E-state index contributed by atoms with van der Waals surface area (Å²) in [4.78, 5) is 17.7. The van der Waals surface area contributed by atoms with E-state index in [-0.39, 0.29) is 4.90 Å². The van der Waals surface area contributed by atoms with Crippen molar-refractivity contribution in [3.63, 3.8) is 0 Å². The number of anilines is 1. The number of nitrogens with two attached hydrogens (primary N) is 1. The van der Waals surface area contributed by atoms with Gasteiger partial charge in [0, 0.05) is 11.1 Å². The van der Waals surface area contributed by atoms with Crippen LogP contribution in [0.25, 0.3) is 10.8 Å². The number of fused-ring (bicyclic) bond motifs is 1. The van der Waals surface area contributed by atoms with E-state index in [1.54, 1.807) is 30.3 Å². The summed E-state index contributed by atoms with van der Waals surface area (Å²) in [5.74, 6) is -0.606. The molecule has 4 N–H and O–H groups in total. The van der Waals surface area contributed by atoms with Gasteiger partial charge in [0.05, 0.1) is 16.8 Å². The molecule has 2 aromatic carbocycles. The summed E-state index contributed by atoms with van der Waals surface area (Å²) >= 11 is 0. The Kier molecular flexibility index (Phi) is 3.88. The van der Waals surface area contributed by atoms with Crippen molar-refractivity contribution in [3.8, 4) is 0 Å². The molecule has 0 spiro atoms. The molecule has 0 aliphatic rings. The highest BCUT2D eigenvalue weighted by atomic mass is 32.2. The van der Waals surface area contributed by atoms with Crippen molar-refractivity contribution >= 4 is 33.9 Å². The summed E-state index contributed by atoms with van der Waals surface area (Å²) in [6, 6.07) is 9.65. The Morgan fingerprint density at radius 1 is 1.15 bits per heavy atom. The van der Waals surface area contributed by atoms with Crippen LogP contribution in [-0.4, -0.2) is 30.1 Å². The fourth-order valence-electron chi connectivity index (χ4n) is 1.88. The van der Waals surface area contributed by atoms with Gasteiger partial charge in [0.15, 0.2) is 9.84 Å². The Morgan fingerprint density at radius 2 is 1.85 bits per heavy atom. The molecular formula is C12H14NO5PS. The van der Waals surface area contributed by atoms with Crippen LogP contribution >= 0.6 is 7.60 Å². The minimum absolute atomic E-state index is 0.0377. The van der Waals surface area contributed by atoms with Crippen LogP contribution < -0.4 is 5.73 Å². The zero-order valence-corrected chi connectivity index (χ0v) is 12.1. The molecule has 0 heterocycles. The van der Waals surface area contributed by atoms with Crippen molar-refractivity contribution in [2.24, 2.45) is 0 Å². The molecule has 108 valence electrons. The Bertz CT molecular complexity index is 797. The van der Waals surface area contributed by atoms with E-state index in [2.05, 4.69) is 0 Å². The van der Waals surface area contributed by atoms with E-state index in [4.69, 9.17) is 15.5 Å². The number of rotatable bonds is 4. The fraction of sp³-hybridized carbons (Fsp3) is 0.167. The summed E-state index contributed by atoms with van der Waals surface area (Å²) in [6.45, 7) is 0. The van der Waals surface area contributed by atoms with Gasteiger partial charge in [0.1, 0.15) is 0 Å². The molecule has 0 bridgehead atoms. The van der Waals surface area contributed by atoms with Gasteiger partial charge < -0.3 is 15.5 Å². The molecule has 20 heavy (non-hydrogen) atoms. The van der Waals surface area contributed by atoms with Gasteiger partial charge in [-0.25, -0.2) is 8.42 Å². The van der Waals surface area contributed by atoms with Gasteiger partial charge in [0.2, 0.25) is 0 Å². The number of benzene rings is 2. The molecule has 0 aliphatic heterocycles. The third-order valence-electron chi connectivity index (χ3n) is 2.85. The van der Waals surface area contributed by atoms with Gasteiger partial charge in [0.25, 0.3) is 0 Å². The lowest BCUT2D eigenvalue weighted by Gasteiger charge is -2.09. The molecule has 6 nitrogen and oxygen atoms in total. The molecule has 0 radical (unpaired) electrons. The first kappa shape index (κ1) is 15.0. The highest BCUT2D eigenvalue weighted by molar-refractivity contribution is 7.92. The molecule has 0 aromatic heterocycles. The largest absolute Gasteiger partial charge is 0.399 e. The van der Waals surface area contributed by atoms with Crippen LogP contribution in [0.1, 0.15) is 0 Å². The topological polar surface area (TPSA) is 118 Å². The molecule has 2 rings (SSSR count). The Morgan fingerprint density at radius 3 is 2.50 bits per heavy atom. The van der Waals surface area contributed by atoms with Crippen LogP contribution in [0.15, 0.2) is 41.3 Å². The fourth-order valence-corrected chi connectivity index (χ4v) is 4.81. The minimum Gasteiger partial charge on any atom is -0.399 e. The maximum absolute atomic E-state index is 12.2. The van der Waals surface area contributed by atoms with Gasteiger partial charge >= 0.3 is 7.60 Å². The van der Waals surface area contributed by atoms with E-state index >= 15 is 0 Å². The van der Waals surface area contributed by atoms with Crippen molar-refractivity contribution in [3.05, 3.63) is 36.4 Å². The van der Waals surface area contributed by atoms with Crippen molar-refractivity contribution in [2.75, 3.05) is 17.6 Å². The molecule has 0 unspecified atom stereocenters. The van der Waals surface area contributed by atoms with Crippen LogP contribution in [0.3, 0.4) is 0 Å². The van der Waals surface area contributed by atoms with Crippen LogP contribution in [0.5, 0.6) is 0 Å². The van der Waals surface area contributed by atoms with E-state index in [0.29, 0.717) is 16.5 Å². The first-order valence-electron chi connectivity index (χ1n) is 5.75. The monoisotopic (exact) mass is 315 g/mol. The van der Waals surface area contributed by atoms with Crippen molar-refractivity contribution < 1.29 is 22.8 Å². The highest BCUT2D eigenvalue weighted by Crippen LogP contribution is 2.35. The van der Waals surface area contributed by atoms with Gasteiger partial charge in [-0.3, -0.25) is 4.57 Å². The number of nitrogen functional groups attached to an aromatic ring is 1. The predicted molar refractivity (Wildman–Crippen MR) is 77.3 cm³/mol. The summed E-state index contributed by atoms with van der Waals surface area (Å²) in [5, 5.41) is 1.16. The minimum atomic E-state index is -4.36. The Balaban J connectivity index is 2.51. The average molecular weight is 315 g/mol. The van der Waals surface area contributed by atoms with Crippen LogP contribution in [0, 0.1) is 0 Å². The standard InChI is InChI=1S/C12H14NO5PS/c13-10-5-4-9-2-1-3-12(11(9)8-10)20(17,18)7-6-19(14,15)16/h1-5,8H,6-7,13H2,(H2,14,15,16). The zero-order valence-electron chi connectivity index (χ0n) is 10.4. The quantitative estimate of drug-likeness (QED) is 0.579. The molecule has 0 saturated carbocycles. The SMILES string of the molecule is Nc1ccc2cccc(S(=O)(=O)CCP(=O)(O)O)c2c1. The van der Waals surface area contributed by atoms with E-state index in [1.807, 2.05) is 0 Å². The Labute approximate surface area is 116 Å². The first-order chi connectivity index (χ1) is 9.19. The molecule has 2 aromatic rings. The maximum Gasteiger partial charge on any atom is 0.326 e. The normalized spacial score (nSPS) is 12.7. The Hall–Kier alpha value is -1.40. The third-order valence-corrected chi connectivity index (χ3v) is 5.73. The second-order valence-corrected chi connectivity index (χ2v) is 8.30. The lowest BCUT2D eigenvalue weighted by atomic mass is 10.1. The zero-order chi connectivity index (χ0) is 15.0. The average Bonchev–Trinajstić information content (AvgIpc) is 2.35. The summed E-state index contributed by atoms with van der Waals surface area (Å²) in [5.41, 5.74) is 6.09. The second kappa shape index (κ2) is 5.18. The van der Waals surface area contributed by atoms with Gasteiger partial charge in [-0.2, -0.15) is 0 Å². The van der Waals surface area contributed by atoms with E-state index < -0.39 is 29.3 Å². The van der Waals surface area contributed by atoms with E-state index in [1.165, 1.54) is 6.07 Å². The van der Waals surface area contributed by atoms with Crippen molar-refractivity contribution in [1.29, 1.82) is 0 Å². The van der Waals surface area contributed by atoms with Gasteiger partial charge in [-0.05, 0) is 23.6 Å². The molecule has 0 amide bonds. The summed E-state index contributed by atoms with van der Waals surface area (Å²) < 4.78 is 35.3. The van der Waals surface area contributed by atoms with Crippen LogP contribution in [-0.2, 0) is 14.4 Å². The third kappa shape index (κ3) is 3.37. The number of hydrogen-bond acceptors (Lipinski definition) is 4. The summed E-state index contributed by atoms with van der Waals surface area (Å²) in [7, 11) is -8.14. The van der Waals surface area contributed by atoms with Crippen molar-refractivity contribution in [2.45, 2.75) is 4.90 Å². The number of hydrogen-bond donors (Lipinski definition) is 3. The first-order valence-corrected chi connectivity index (χ1v) is 9.20. The van der Waals surface area contributed by atoms with Gasteiger partial charge in [-0.1, -0.05) is 18.2 Å². The lowest BCUT2D eigenvalue weighted by Crippen LogP contribution is -2.11. The molecule has 0 saturated heterocycles. The number of sulfone groups is 1. The highest BCUT2D eigenvalue weighted by Gasteiger charge is 2.23. The van der Waals surface area contributed by atoms with Crippen LogP contribution in [0.2, 0.25) is 0 Å². The lowest BCUT2D eigenvalue weighted by molar-refractivity contribution is 0.374. The second-order valence-electron chi connectivity index (χ2n) is 4.44. The van der Waals surface area contributed by atoms with E-state index in [0.717, 1.165) is 0 Å². The predicted octanol–water partition coefficient (Wildman–Crippen LogP) is 1.37.